The second-order valence-corrected chi connectivity index (χ2v) is 8.76. The molecule has 0 spiro atoms. The normalized spacial score (nSPS) is 19.2. The third kappa shape index (κ3) is 5.69. The van der Waals surface area contributed by atoms with Gasteiger partial charge in [-0.1, -0.05) is 0 Å². The van der Waals surface area contributed by atoms with E-state index in [0.717, 1.165) is 5.56 Å². The lowest BCUT2D eigenvalue weighted by Crippen LogP contribution is -2.46. The van der Waals surface area contributed by atoms with E-state index in [-0.39, 0.29) is 12.1 Å². The molecule has 2 aromatic rings. The summed E-state index contributed by atoms with van der Waals surface area (Å²) < 4.78 is 7.00. The average Bonchev–Trinajstić information content (AvgIpc) is 3.08. The number of amides is 2. The molecule has 2 amide bonds. The van der Waals surface area contributed by atoms with Gasteiger partial charge in [-0.15, -0.1) is 0 Å². The Labute approximate surface area is 180 Å². The fourth-order valence-electron chi connectivity index (χ4n) is 3.52. The average molecular weight is 435 g/mol. The maximum Gasteiger partial charge on any atom is 0.407 e. The quantitative estimate of drug-likeness (QED) is 0.578. The van der Waals surface area contributed by atoms with Crippen molar-refractivity contribution in [2.45, 2.75) is 64.1 Å². The third-order valence-electron chi connectivity index (χ3n) is 4.86. The number of aromatic nitrogens is 4. The van der Waals surface area contributed by atoms with E-state index >= 15 is 0 Å². The number of rotatable bonds is 4. The van der Waals surface area contributed by atoms with E-state index < -0.39 is 17.1 Å². The highest BCUT2D eigenvalue weighted by Crippen LogP contribution is 2.28. The molecule has 9 nitrogen and oxygen atoms in total. The second kappa shape index (κ2) is 8.99. The van der Waals surface area contributed by atoms with E-state index in [0.29, 0.717) is 37.2 Å². The lowest BCUT2D eigenvalue weighted by molar-refractivity contribution is 0.0491. The summed E-state index contributed by atoms with van der Waals surface area (Å²) in [5.41, 5.74) is 0.970. The van der Waals surface area contributed by atoms with Crippen LogP contribution in [-0.4, -0.2) is 48.9 Å². The van der Waals surface area contributed by atoms with Gasteiger partial charge in [0.1, 0.15) is 5.60 Å². The van der Waals surface area contributed by atoms with Crippen molar-refractivity contribution in [1.29, 1.82) is 0 Å². The summed E-state index contributed by atoms with van der Waals surface area (Å²) in [6.07, 6.45) is 9.07. The van der Waals surface area contributed by atoms with Crippen LogP contribution in [0, 0.1) is 0 Å². The molecular weight excluding hydrogens is 408 g/mol. The van der Waals surface area contributed by atoms with Crippen molar-refractivity contribution < 1.29 is 14.3 Å². The minimum atomic E-state index is -0.595. The van der Waals surface area contributed by atoms with Crippen LogP contribution in [0.4, 0.5) is 15.4 Å². The highest BCUT2D eigenvalue weighted by atomic mass is 35.5. The molecule has 1 N–H and O–H groups in total. The lowest BCUT2D eigenvalue weighted by atomic mass is 9.90. The van der Waals surface area contributed by atoms with Crippen LogP contribution in [0.15, 0.2) is 24.8 Å². The first-order valence-corrected chi connectivity index (χ1v) is 10.3. The maximum atomic E-state index is 12.1. The first-order valence-electron chi connectivity index (χ1n) is 9.91. The van der Waals surface area contributed by atoms with Gasteiger partial charge in [0, 0.05) is 30.9 Å². The van der Waals surface area contributed by atoms with Gasteiger partial charge in [0.25, 0.3) is 0 Å². The SMILES string of the molecule is Cn1cc(-c2cnc(N(C(=O)Cl)[C@H]3CC[C@H](NC(=O)OC(C)(C)C)CC3)cn2)cn1. The predicted octanol–water partition coefficient (Wildman–Crippen LogP) is 3.88. The number of hydrogen-bond donors (Lipinski definition) is 1. The Kier molecular flexibility index (Phi) is 6.60. The van der Waals surface area contributed by atoms with Crippen molar-refractivity contribution in [1.82, 2.24) is 25.1 Å². The smallest absolute Gasteiger partial charge is 0.407 e. The van der Waals surface area contributed by atoms with Gasteiger partial charge >= 0.3 is 11.5 Å². The molecule has 1 aliphatic carbocycles. The summed E-state index contributed by atoms with van der Waals surface area (Å²) in [5.74, 6) is 0.409. The van der Waals surface area contributed by atoms with Gasteiger partial charge in [0.05, 0.1) is 24.3 Å². The largest absolute Gasteiger partial charge is 0.444 e. The van der Waals surface area contributed by atoms with Gasteiger partial charge < -0.3 is 10.1 Å². The van der Waals surface area contributed by atoms with Gasteiger partial charge in [-0.3, -0.25) is 19.4 Å². The van der Waals surface area contributed by atoms with Crippen molar-refractivity contribution in [2.24, 2.45) is 7.05 Å². The molecule has 3 rings (SSSR count). The van der Waals surface area contributed by atoms with Crippen LogP contribution in [0.5, 0.6) is 0 Å². The van der Waals surface area contributed by atoms with Crippen molar-refractivity contribution >= 4 is 28.9 Å². The molecule has 30 heavy (non-hydrogen) atoms. The Morgan fingerprint density at radius 2 is 1.87 bits per heavy atom. The summed E-state index contributed by atoms with van der Waals surface area (Å²) in [5, 5.41) is 6.43. The van der Waals surface area contributed by atoms with Crippen LogP contribution in [0.3, 0.4) is 0 Å². The van der Waals surface area contributed by atoms with Crippen LogP contribution in [0.2, 0.25) is 0 Å². The van der Waals surface area contributed by atoms with Gasteiger partial charge in [-0.25, -0.2) is 9.78 Å². The molecule has 0 bridgehead atoms. The molecule has 0 radical (unpaired) electrons. The van der Waals surface area contributed by atoms with Crippen LogP contribution in [-0.2, 0) is 11.8 Å². The summed E-state index contributed by atoms with van der Waals surface area (Å²) in [7, 11) is 1.83. The molecule has 1 saturated carbocycles. The van der Waals surface area contributed by atoms with Crippen LogP contribution >= 0.6 is 11.6 Å². The fraction of sp³-hybridized carbons (Fsp3) is 0.550. The molecule has 0 aromatic carbocycles. The summed E-state index contributed by atoms with van der Waals surface area (Å²) >= 11 is 5.88. The van der Waals surface area contributed by atoms with Crippen molar-refractivity contribution in [3.05, 3.63) is 24.8 Å². The Bertz CT molecular complexity index is 885. The Hall–Kier alpha value is -2.68. The Balaban J connectivity index is 1.62. The molecule has 0 saturated heterocycles. The first-order chi connectivity index (χ1) is 14.1. The van der Waals surface area contributed by atoms with Crippen molar-refractivity contribution in [3.8, 4) is 11.3 Å². The Morgan fingerprint density at radius 3 is 2.37 bits per heavy atom. The zero-order valence-electron chi connectivity index (χ0n) is 17.6. The van der Waals surface area contributed by atoms with Gasteiger partial charge in [-0.2, -0.15) is 5.10 Å². The first kappa shape index (κ1) is 22.0. The molecule has 1 fully saturated rings. The number of carbonyl (C=O) groups excluding carboxylic acids is 2. The number of carbonyl (C=O) groups is 2. The molecule has 1 aliphatic rings. The third-order valence-corrected chi connectivity index (χ3v) is 5.04. The molecule has 10 heteroatoms. The number of halogens is 1. The predicted molar refractivity (Wildman–Crippen MR) is 113 cm³/mol. The standard InChI is InChI=1S/C20H27ClN6O3/c1-20(2,3)30-19(29)25-14-5-7-15(8-6-14)27(18(21)28)17-11-22-16(10-23-17)13-9-24-26(4)12-13/h9-12,14-15H,5-8H2,1-4H3,(H,25,29)/t14-,15-. The topological polar surface area (TPSA) is 102 Å². The number of hydrogen-bond acceptors (Lipinski definition) is 6. The number of ether oxygens (including phenoxy) is 1. The van der Waals surface area contributed by atoms with Crippen molar-refractivity contribution in [2.75, 3.05) is 4.90 Å². The number of anilines is 1. The maximum absolute atomic E-state index is 12.1. The molecule has 2 heterocycles. The van der Waals surface area contributed by atoms with Crippen molar-refractivity contribution in [3.63, 3.8) is 0 Å². The molecule has 0 atom stereocenters. The summed E-state index contributed by atoms with van der Waals surface area (Å²) in [6, 6.07) is -0.104. The van der Waals surface area contributed by atoms with E-state index in [1.165, 1.54) is 4.90 Å². The molecule has 0 unspecified atom stereocenters. The monoisotopic (exact) mass is 434 g/mol. The zero-order chi connectivity index (χ0) is 21.9. The second-order valence-electron chi connectivity index (χ2n) is 8.44. The number of aryl methyl sites for hydroxylation is 1. The number of nitrogens with one attached hydrogen (secondary N) is 1. The van der Waals surface area contributed by atoms with Crippen LogP contribution < -0.4 is 10.2 Å². The summed E-state index contributed by atoms with van der Waals surface area (Å²) in [4.78, 5) is 34.4. The van der Waals surface area contributed by atoms with Gasteiger partial charge in [0.15, 0.2) is 5.82 Å². The fourth-order valence-corrected chi connectivity index (χ4v) is 3.75. The molecule has 0 aliphatic heterocycles. The highest BCUT2D eigenvalue weighted by Gasteiger charge is 2.31. The lowest BCUT2D eigenvalue weighted by Gasteiger charge is -2.35. The van der Waals surface area contributed by atoms with E-state index in [1.807, 2.05) is 34.0 Å². The number of alkyl carbamates (subject to hydrolysis) is 1. The molecule has 162 valence electrons. The van der Waals surface area contributed by atoms with Crippen LogP contribution in [0.25, 0.3) is 11.3 Å². The van der Waals surface area contributed by atoms with Gasteiger partial charge in [-0.05, 0) is 58.1 Å². The molecular formula is C20H27ClN6O3. The van der Waals surface area contributed by atoms with E-state index in [2.05, 4.69) is 20.4 Å². The van der Waals surface area contributed by atoms with E-state index in [1.54, 1.807) is 23.3 Å². The van der Waals surface area contributed by atoms with E-state index in [4.69, 9.17) is 16.3 Å². The highest BCUT2D eigenvalue weighted by molar-refractivity contribution is 6.66. The zero-order valence-corrected chi connectivity index (χ0v) is 18.4. The van der Waals surface area contributed by atoms with E-state index in [9.17, 15) is 9.59 Å². The summed E-state index contributed by atoms with van der Waals surface area (Å²) in [6.45, 7) is 5.48. The van der Waals surface area contributed by atoms with Crippen LogP contribution in [0.1, 0.15) is 46.5 Å². The van der Waals surface area contributed by atoms with Gasteiger partial charge in [0.2, 0.25) is 0 Å². The minimum Gasteiger partial charge on any atom is -0.444 e. The molecule has 2 aromatic heterocycles. The number of nitrogens with zero attached hydrogens (tertiary/aromatic N) is 5. The minimum absolute atomic E-state index is 0.00224. The Morgan fingerprint density at radius 1 is 1.17 bits per heavy atom.